The maximum atomic E-state index is 9.73. The number of benzene rings is 1. The van der Waals surface area contributed by atoms with Gasteiger partial charge in [0.1, 0.15) is 17.1 Å². The van der Waals surface area contributed by atoms with E-state index >= 15 is 0 Å². The highest BCUT2D eigenvalue weighted by Gasteiger charge is 2.28. The molecule has 0 fully saturated rings. The maximum absolute atomic E-state index is 9.73. The first-order chi connectivity index (χ1) is 6.48. The molecule has 1 aliphatic rings. The van der Waals surface area contributed by atoms with E-state index in [1.54, 1.807) is 6.07 Å². The van der Waals surface area contributed by atoms with Crippen LogP contribution in [0.15, 0.2) is 12.1 Å². The molecule has 0 aliphatic carbocycles. The molecule has 0 amide bonds. The highest BCUT2D eigenvalue weighted by molar-refractivity contribution is 5.48. The number of hydrogen-bond acceptors (Lipinski definition) is 2. The van der Waals surface area contributed by atoms with Crippen LogP contribution in [0.3, 0.4) is 0 Å². The molecule has 1 heterocycles. The summed E-state index contributed by atoms with van der Waals surface area (Å²) in [6.07, 6.45) is 1.85. The van der Waals surface area contributed by atoms with E-state index in [1.807, 2.05) is 13.0 Å². The summed E-state index contributed by atoms with van der Waals surface area (Å²) < 4.78 is 5.82. The lowest BCUT2D eigenvalue weighted by atomic mass is 9.93. The topological polar surface area (TPSA) is 29.5 Å². The van der Waals surface area contributed by atoms with Gasteiger partial charge in [-0.05, 0) is 51.3 Å². The van der Waals surface area contributed by atoms with Crippen molar-refractivity contribution in [2.24, 2.45) is 0 Å². The third-order valence-electron chi connectivity index (χ3n) is 2.69. The van der Waals surface area contributed by atoms with E-state index in [0.717, 1.165) is 29.7 Å². The largest absolute Gasteiger partial charge is 0.508 e. The average molecular weight is 192 g/mol. The van der Waals surface area contributed by atoms with Crippen LogP contribution >= 0.6 is 0 Å². The Morgan fingerprint density at radius 3 is 2.79 bits per heavy atom. The number of aryl methyl sites for hydroxylation is 1. The monoisotopic (exact) mass is 192 g/mol. The SMILES string of the molecule is Cc1cc(O)c2c(c1)OC(C)(C)CC2. The van der Waals surface area contributed by atoms with Crippen LogP contribution in [-0.4, -0.2) is 10.7 Å². The highest BCUT2D eigenvalue weighted by atomic mass is 16.5. The minimum atomic E-state index is -0.104. The standard InChI is InChI=1S/C12H16O2/c1-8-6-10(13)9-4-5-12(2,3)14-11(9)7-8/h6-7,13H,4-5H2,1-3H3. The number of phenols is 1. The molecule has 0 spiro atoms. The van der Waals surface area contributed by atoms with Crippen molar-refractivity contribution in [1.82, 2.24) is 0 Å². The van der Waals surface area contributed by atoms with Crippen molar-refractivity contribution < 1.29 is 9.84 Å². The van der Waals surface area contributed by atoms with E-state index in [0.29, 0.717) is 5.75 Å². The van der Waals surface area contributed by atoms with Gasteiger partial charge >= 0.3 is 0 Å². The first-order valence-electron chi connectivity index (χ1n) is 4.99. The van der Waals surface area contributed by atoms with Crippen LogP contribution in [0.2, 0.25) is 0 Å². The Balaban J connectivity index is 2.47. The van der Waals surface area contributed by atoms with Crippen LogP contribution in [-0.2, 0) is 6.42 Å². The lowest BCUT2D eigenvalue weighted by molar-refractivity contribution is 0.0836. The molecule has 2 heteroatoms. The van der Waals surface area contributed by atoms with Gasteiger partial charge in [-0.15, -0.1) is 0 Å². The number of ether oxygens (including phenoxy) is 1. The van der Waals surface area contributed by atoms with Crippen molar-refractivity contribution in [3.05, 3.63) is 23.3 Å². The normalized spacial score (nSPS) is 18.5. The zero-order valence-corrected chi connectivity index (χ0v) is 8.92. The fraction of sp³-hybridized carbons (Fsp3) is 0.500. The molecule has 0 atom stereocenters. The van der Waals surface area contributed by atoms with E-state index in [2.05, 4.69) is 13.8 Å². The molecule has 0 bridgehead atoms. The summed E-state index contributed by atoms with van der Waals surface area (Å²) in [4.78, 5) is 0. The molecular weight excluding hydrogens is 176 g/mol. The molecule has 1 aromatic rings. The van der Waals surface area contributed by atoms with Crippen LogP contribution in [0.4, 0.5) is 0 Å². The van der Waals surface area contributed by atoms with Crippen molar-refractivity contribution in [1.29, 1.82) is 0 Å². The first kappa shape index (κ1) is 9.38. The smallest absolute Gasteiger partial charge is 0.127 e. The third kappa shape index (κ3) is 1.57. The average Bonchev–Trinajstić information content (AvgIpc) is 2.00. The molecule has 2 rings (SSSR count). The van der Waals surface area contributed by atoms with E-state index in [1.165, 1.54) is 0 Å². The first-order valence-corrected chi connectivity index (χ1v) is 4.99. The fourth-order valence-corrected chi connectivity index (χ4v) is 1.88. The Hall–Kier alpha value is -1.18. The Labute approximate surface area is 84.5 Å². The molecule has 0 saturated heterocycles. The number of hydrogen-bond donors (Lipinski definition) is 1. The summed E-state index contributed by atoms with van der Waals surface area (Å²) in [6, 6.07) is 3.79. The van der Waals surface area contributed by atoms with Crippen LogP contribution < -0.4 is 4.74 Å². The molecule has 1 aromatic carbocycles. The quantitative estimate of drug-likeness (QED) is 0.685. The van der Waals surface area contributed by atoms with Crippen LogP contribution in [0, 0.1) is 6.92 Å². The van der Waals surface area contributed by atoms with Crippen LogP contribution in [0.25, 0.3) is 0 Å². The second-order valence-corrected chi connectivity index (χ2v) is 4.62. The molecule has 1 N–H and O–H groups in total. The van der Waals surface area contributed by atoms with Gasteiger partial charge in [0.15, 0.2) is 0 Å². The molecule has 1 aliphatic heterocycles. The van der Waals surface area contributed by atoms with Gasteiger partial charge in [0.2, 0.25) is 0 Å². The molecule has 76 valence electrons. The summed E-state index contributed by atoms with van der Waals surface area (Å²) in [5.41, 5.74) is 1.89. The summed E-state index contributed by atoms with van der Waals surface area (Å²) >= 11 is 0. The molecule has 0 unspecified atom stereocenters. The van der Waals surface area contributed by atoms with Gasteiger partial charge in [0.25, 0.3) is 0 Å². The number of fused-ring (bicyclic) bond motifs is 1. The van der Waals surface area contributed by atoms with Crippen LogP contribution in [0.5, 0.6) is 11.5 Å². The molecule has 0 saturated carbocycles. The lowest BCUT2D eigenvalue weighted by Crippen LogP contribution is -2.32. The molecule has 0 aromatic heterocycles. The fourth-order valence-electron chi connectivity index (χ4n) is 1.88. The van der Waals surface area contributed by atoms with Crippen LogP contribution in [0.1, 0.15) is 31.4 Å². The molecule has 14 heavy (non-hydrogen) atoms. The Morgan fingerprint density at radius 1 is 1.36 bits per heavy atom. The van der Waals surface area contributed by atoms with Gasteiger partial charge < -0.3 is 9.84 Å². The van der Waals surface area contributed by atoms with Crippen molar-refractivity contribution in [3.63, 3.8) is 0 Å². The number of phenolic OH excluding ortho intramolecular Hbond substituents is 1. The predicted molar refractivity (Wildman–Crippen MR) is 55.9 cm³/mol. The summed E-state index contributed by atoms with van der Waals surface area (Å²) in [6.45, 7) is 6.12. The van der Waals surface area contributed by atoms with Crippen molar-refractivity contribution in [3.8, 4) is 11.5 Å². The van der Waals surface area contributed by atoms with Crippen molar-refractivity contribution in [2.75, 3.05) is 0 Å². The van der Waals surface area contributed by atoms with Gasteiger partial charge in [-0.1, -0.05) is 0 Å². The second kappa shape index (κ2) is 2.91. The Bertz CT molecular complexity index is 367. The predicted octanol–water partition coefficient (Wildman–Crippen LogP) is 2.80. The Kier molecular flexibility index (Phi) is 1.95. The third-order valence-corrected chi connectivity index (χ3v) is 2.69. The van der Waals surface area contributed by atoms with Gasteiger partial charge in [-0.25, -0.2) is 0 Å². The molecular formula is C12H16O2. The summed E-state index contributed by atoms with van der Waals surface area (Å²) in [7, 11) is 0. The summed E-state index contributed by atoms with van der Waals surface area (Å²) in [5, 5.41) is 9.73. The summed E-state index contributed by atoms with van der Waals surface area (Å²) in [5.74, 6) is 1.22. The van der Waals surface area contributed by atoms with Gasteiger partial charge in [0, 0.05) is 5.56 Å². The minimum Gasteiger partial charge on any atom is -0.508 e. The Morgan fingerprint density at radius 2 is 2.07 bits per heavy atom. The van der Waals surface area contributed by atoms with Gasteiger partial charge in [0.05, 0.1) is 0 Å². The van der Waals surface area contributed by atoms with Gasteiger partial charge in [-0.2, -0.15) is 0 Å². The maximum Gasteiger partial charge on any atom is 0.127 e. The molecule has 0 radical (unpaired) electrons. The molecule has 2 nitrogen and oxygen atoms in total. The number of rotatable bonds is 0. The number of aromatic hydroxyl groups is 1. The minimum absolute atomic E-state index is 0.104. The highest BCUT2D eigenvalue weighted by Crippen LogP contribution is 2.38. The van der Waals surface area contributed by atoms with E-state index in [-0.39, 0.29) is 5.60 Å². The van der Waals surface area contributed by atoms with E-state index in [4.69, 9.17) is 4.74 Å². The van der Waals surface area contributed by atoms with Gasteiger partial charge in [-0.3, -0.25) is 0 Å². The van der Waals surface area contributed by atoms with E-state index < -0.39 is 0 Å². The second-order valence-electron chi connectivity index (χ2n) is 4.62. The zero-order chi connectivity index (χ0) is 10.3. The van der Waals surface area contributed by atoms with Crippen molar-refractivity contribution in [2.45, 2.75) is 39.2 Å². The van der Waals surface area contributed by atoms with Crippen molar-refractivity contribution >= 4 is 0 Å². The lowest BCUT2D eigenvalue weighted by Gasteiger charge is -2.33. The van der Waals surface area contributed by atoms with E-state index in [9.17, 15) is 5.11 Å². The zero-order valence-electron chi connectivity index (χ0n) is 8.92.